The molecule has 2 aliphatic heterocycles. The van der Waals surface area contributed by atoms with Gasteiger partial charge in [-0.15, -0.1) is 5.10 Å². The van der Waals surface area contributed by atoms with Crippen LogP contribution in [0.5, 0.6) is 0 Å². The molecular weight excluding hydrogens is 302 g/mol. The highest BCUT2D eigenvalue weighted by molar-refractivity contribution is 5.14. The van der Waals surface area contributed by atoms with Crippen LogP contribution in [0.3, 0.4) is 0 Å². The van der Waals surface area contributed by atoms with E-state index >= 15 is 0 Å². The fraction of sp³-hybridized carbons (Fsp3) is 0.556. The van der Waals surface area contributed by atoms with Crippen LogP contribution in [0.15, 0.2) is 42.7 Å². The SMILES string of the molecule is c1ccc(CN2CCC[C@H](N[C@H]3COC[C@H]3n3ccnn3)C2)cc1. The first-order valence-electron chi connectivity index (χ1n) is 8.84. The number of benzene rings is 1. The highest BCUT2D eigenvalue weighted by Gasteiger charge is 2.33. The van der Waals surface area contributed by atoms with E-state index in [1.807, 2.05) is 10.9 Å². The number of hydrogen-bond acceptors (Lipinski definition) is 5. The first kappa shape index (κ1) is 15.7. The maximum absolute atomic E-state index is 5.69. The Hall–Kier alpha value is -1.76. The smallest absolute Gasteiger partial charge is 0.0945 e. The van der Waals surface area contributed by atoms with Crippen molar-refractivity contribution in [2.24, 2.45) is 0 Å². The van der Waals surface area contributed by atoms with Crippen LogP contribution in [0.4, 0.5) is 0 Å². The van der Waals surface area contributed by atoms with E-state index in [9.17, 15) is 0 Å². The van der Waals surface area contributed by atoms with Gasteiger partial charge in [-0.1, -0.05) is 35.5 Å². The maximum Gasteiger partial charge on any atom is 0.0945 e. The van der Waals surface area contributed by atoms with E-state index in [1.54, 1.807) is 6.20 Å². The first-order chi connectivity index (χ1) is 11.9. The summed E-state index contributed by atoms with van der Waals surface area (Å²) < 4.78 is 7.62. The van der Waals surface area contributed by atoms with Crippen LogP contribution >= 0.6 is 0 Å². The van der Waals surface area contributed by atoms with Gasteiger partial charge in [0.05, 0.1) is 31.5 Å². The lowest BCUT2D eigenvalue weighted by atomic mass is 10.0. The summed E-state index contributed by atoms with van der Waals surface area (Å²) in [5.41, 5.74) is 1.39. The molecule has 2 aromatic rings. The predicted molar refractivity (Wildman–Crippen MR) is 91.5 cm³/mol. The summed E-state index contributed by atoms with van der Waals surface area (Å²) in [5.74, 6) is 0. The van der Waals surface area contributed by atoms with Crippen LogP contribution in [0.1, 0.15) is 24.4 Å². The van der Waals surface area contributed by atoms with Crippen molar-refractivity contribution in [2.75, 3.05) is 26.3 Å². The van der Waals surface area contributed by atoms with Crippen molar-refractivity contribution in [3.05, 3.63) is 48.3 Å². The molecule has 24 heavy (non-hydrogen) atoms. The molecule has 6 nitrogen and oxygen atoms in total. The van der Waals surface area contributed by atoms with E-state index in [2.05, 4.69) is 50.9 Å². The molecule has 3 atom stereocenters. The summed E-state index contributed by atoms with van der Waals surface area (Å²) in [6, 6.07) is 11.8. The first-order valence-corrected chi connectivity index (χ1v) is 8.84. The fourth-order valence-electron chi connectivity index (χ4n) is 3.84. The largest absolute Gasteiger partial charge is 0.377 e. The molecule has 6 heteroatoms. The quantitative estimate of drug-likeness (QED) is 0.901. The number of nitrogens with one attached hydrogen (secondary N) is 1. The molecule has 0 unspecified atom stereocenters. The van der Waals surface area contributed by atoms with Gasteiger partial charge in [-0.05, 0) is 24.9 Å². The average Bonchev–Trinajstić information content (AvgIpc) is 3.27. The number of likely N-dealkylation sites (tertiary alicyclic amines) is 1. The zero-order chi connectivity index (χ0) is 16.2. The number of aromatic nitrogens is 3. The fourth-order valence-corrected chi connectivity index (χ4v) is 3.84. The molecule has 1 aromatic carbocycles. The van der Waals surface area contributed by atoms with E-state index < -0.39 is 0 Å². The van der Waals surface area contributed by atoms with Gasteiger partial charge in [-0.2, -0.15) is 0 Å². The van der Waals surface area contributed by atoms with Crippen molar-refractivity contribution in [1.82, 2.24) is 25.2 Å². The second-order valence-electron chi connectivity index (χ2n) is 6.82. The summed E-state index contributed by atoms with van der Waals surface area (Å²) in [4.78, 5) is 2.55. The highest BCUT2D eigenvalue weighted by atomic mass is 16.5. The second-order valence-corrected chi connectivity index (χ2v) is 6.82. The zero-order valence-corrected chi connectivity index (χ0v) is 13.9. The van der Waals surface area contributed by atoms with Crippen molar-refractivity contribution in [3.63, 3.8) is 0 Å². The Bertz CT molecular complexity index is 618. The van der Waals surface area contributed by atoms with Gasteiger partial charge in [-0.3, -0.25) is 4.90 Å². The molecule has 0 saturated carbocycles. The molecule has 3 heterocycles. The van der Waals surface area contributed by atoms with Crippen molar-refractivity contribution in [2.45, 2.75) is 37.5 Å². The number of piperidine rings is 1. The summed E-state index contributed by atoms with van der Waals surface area (Å²) in [6.07, 6.45) is 6.13. The average molecular weight is 327 g/mol. The minimum Gasteiger partial charge on any atom is -0.377 e. The Balaban J connectivity index is 1.34. The summed E-state index contributed by atoms with van der Waals surface area (Å²) >= 11 is 0. The molecule has 2 aliphatic rings. The highest BCUT2D eigenvalue weighted by Crippen LogP contribution is 2.21. The van der Waals surface area contributed by atoms with E-state index in [0.29, 0.717) is 18.7 Å². The van der Waals surface area contributed by atoms with Crippen LogP contribution in [0.25, 0.3) is 0 Å². The number of ether oxygens (including phenoxy) is 1. The van der Waals surface area contributed by atoms with E-state index in [1.165, 1.54) is 24.9 Å². The van der Waals surface area contributed by atoms with E-state index in [0.717, 1.165) is 19.7 Å². The maximum atomic E-state index is 5.69. The van der Waals surface area contributed by atoms with Crippen LogP contribution in [-0.2, 0) is 11.3 Å². The molecule has 0 aliphatic carbocycles. The topological polar surface area (TPSA) is 55.2 Å². The second kappa shape index (κ2) is 7.42. The molecule has 4 rings (SSSR count). The number of rotatable bonds is 5. The Kier molecular flexibility index (Phi) is 4.87. The third kappa shape index (κ3) is 3.66. The van der Waals surface area contributed by atoms with Gasteiger partial charge in [0, 0.05) is 25.3 Å². The van der Waals surface area contributed by atoms with Crippen LogP contribution in [0.2, 0.25) is 0 Å². The van der Waals surface area contributed by atoms with Crippen LogP contribution < -0.4 is 5.32 Å². The van der Waals surface area contributed by atoms with Crippen molar-refractivity contribution < 1.29 is 4.74 Å². The summed E-state index contributed by atoms with van der Waals surface area (Å²) in [6.45, 7) is 4.77. The summed E-state index contributed by atoms with van der Waals surface area (Å²) in [5, 5.41) is 11.9. The minimum absolute atomic E-state index is 0.247. The molecule has 0 bridgehead atoms. The van der Waals surface area contributed by atoms with Crippen molar-refractivity contribution in [1.29, 1.82) is 0 Å². The third-order valence-electron chi connectivity index (χ3n) is 5.04. The van der Waals surface area contributed by atoms with Gasteiger partial charge in [0.1, 0.15) is 0 Å². The van der Waals surface area contributed by atoms with Crippen LogP contribution in [-0.4, -0.2) is 58.3 Å². The van der Waals surface area contributed by atoms with Crippen LogP contribution in [0, 0.1) is 0 Å². The lowest BCUT2D eigenvalue weighted by Crippen LogP contribution is -2.51. The molecule has 2 saturated heterocycles. The van der Waals surface area contributed by atoms with Gasteiger partial charge >= 0.3 is 0 Å². The lowest BCUT2D eigenvalue weighted by molar-refractivity contribution is 0.161. The van der Waals surface area contributed by atoms with Crippen molar-refractivity contribution in [3.8, 4) is 0 Å². The molecule has 0 amide bonds. The number of nitrogens with zero attached hydrogens (tertiary/aromatic N) is 4. The Morgan fingerprint density at radius 3 is 2.96 bits per heavy atom. The Labute approximate surface area is 142 Å². The van der Waals surface area contributed by atoms with E-state index in [-0.39, 0.29) is 6.04 Å². The van der Waals surface area contributed by atoms with E-state index in [4.69, 9.17) is 4.74 Å². The third-order valence-corrected chi connectivity index (χ3v) is 5.04. The Morgan fingerprint density at radius 2 is 2.12 bits per heavy atom. The summed E-state index contributed by atoms with van der Waals surface area (Å²) in [7, 11) is 0. The zero-order valence-electron chi connectivity index (χ0n) is 13.9. The van der Waals surface area contributed by atoms with Gasteiger partial charge in [0.2, 0.25) is 0 Å². The van der Waals surface area contributed by atoms with Gasteiger partial charge in [-0.25, -0.2) is 4.68 Å². The minimum atomic E-state index is 0.247. The molecule has 0 radical (unpaired) electrons. The van der Waals surface area contributed by atoms with Gasteiger partial charge < -0.3 is 10.1 Å². The molecule has 2 fully saturated rings. The molecule has 1 aromatic heterocycles. The molecule has 1 N–H and O–H groups in total. The number of hydrogen-bond donors (Lipinski definition) is 1. The monoisotopic (exact) mass is 327 g/mol. The molecule has 0 spiro atoms. The lowest BCUT2D eigenvalue weighted by Gasteiger charge is -2.35. The van der Waals surface area contributed by atoms with Gasteiger partial charge in [0.25, 0.3) is 0 Å². The normalized spacial score (nSPS) is 28.2. The van der Waals surface area contributed by atoms with Crippen molar-refractivity contribution >= 4 is 0 Å². The Morgan fingerprint density at radius 1 is 1.21 bits per heavy atom. The molecule has 128 valence electrons. The standard InChI is InChI=1S/C18H25N5O/c1-2-5-15(6-3-1)11-22-9-4-7-16(12-22)20-17-13-24-14-18(17)23-10-8-19-21-23/h1-3,5-6,8,10,16-18,20H,4,7,9,11-14H2/t16-,17-,18+/m0/s1. The molecular formula is C18H25N5O. The van der Waals surface area contributed by atoms with Gasteiger partial charge in [0.15, 0.2) is 0 Å². The predicted octanol–water partition coefficient (Wildman–Crippen LogP) is 1.47.